The first-order valence-electron chi connectivity index (χ1n) is 11.7. The van der Waals surface area contributed by atoms with Gasteiger partial charge in [-0.05, 0) is 56.4 Å². The van der Waals surface area contributed by atoms with E-state index in [1.165, 1.54) is 43.3 Å². The van der Waals surface area contributed by atoms with Gasteiger partial charge in [-0.1, -0.05) is 6.92 Å². The molecular formula is C26H19F4N7OS. The molecule has 0 unspecified atom stereocenters. The first kappa shape index (κ1) is 26.2. The first-order valence-corrected chi connectivity index (χ1v) is 12.1. The number of thiocarbonyl (C=S) groups is 1. The zero-order valence-corrected chi connectivity index (χ0v) is 21.6. The molecule has 198 valence electrons. The Labute approximate surface area is 224 Å². The Morgan fingerprint density at radius 1 is 1.15 bits per heavy atom. The van der Waals surface area contributed by atoms with Crippen LogP contribution in [0.25, 0.3) is 22.3 Å². The number of nitriles is 1. The van der Waals surface area contributed by atoms with Crippen molar-refractivity contribution < 1.29 is 22.4 Å². The summed E-state index contributed by atoms with van der Waals surface area (Å²) in [6, 6.07) is 7.17. The number of hydrogen-bond donors (Lipinski definition) is 1. The van der Waals surface area contributed by atoms with Crippen LogP contribution < -0.4 is 9.80 Å². The third-order valence-electron chi connectivity index (χ3n) is 6.46. The van der Waals surface area contributed by atoms with Gasteiger partial charge in [-0.25, -0.2) is 19.3 Å². The van der Waals surface area contributed by atoms with E-state index in [1.54, 1.807) is 12.3 Å². The number of aryl methyl sites for hydroxylation is 1. The molecule has 1 N–H and O–H groups in total. The second-order valence-electron chi connectivity index (χ2n) is 9.28. The number of imidazole rings is 1. The van der Waals surface area contributed by atoms with E-state index in [0.717, 1.165) is 11.0 Å². The molecule has 3 heterocycles. The number of hydrogen-bond acceptors (Lipinski definition) is 6. The molecule has 13 heteroatoms. The molecule has 0 bridgehead atoms. The lowest BCUT2D eigenvalue weighted by molar-refractivity contribution is -0.137. The van der Waals surface area contributed by atoms with Crippen molar-refractivity contribution in [2.75, 3.05) is 9.80 Å². The molecule has 39 heavy (non-hydrogen) atoms. The number of carbonyl (C=O) groups is 1. The molecule has 1 fully saturated rings. The quantitative estimate of drug-likeness (QED) is 0.262. The summed E-state index contributed by atoms with van der Waals surface area (Å²) in [5.41, 5.74) is -2.30. The highest BCUT2D eigenvalue weighted by Crippen LogP contribution is 2.41. The van der Waals surface area contributed by atoms with E-state index in [0.29, 0.717) is 35.1 Å². The van der Waals surface area contributed by atoms with Crippen molar-refractivity contribution in [2.45, 2.75) is 38.9 Å². The van der Waals surface area contributed by atoms with E-state index in [-0.39, 0.29) is 22.0 Å². The molecule has 1 aliphatic heterocycles. The average Bonchev–Trinajstić information content (AvgIpc) is 3.48. The number of H-pyrrole nitrogens is 1. The fourth-order valence-electron chi connectivity index (χ4n) is 4.55. The molecule has 8 nitrogen and oxygen atoms in total. The predicted molar refractivity (Wildman–Crippen MR) is 139 cm³/mol. The molecule has 0 saturated carbocycles. The molecule has 0 spiro atoms. The summed E-state index contributed by atoms with van der Waals surface area (Å²) in [5.74, 6) is -0.915. The Balaban J connectivity index is 1.67. The Bertz CT molecular complexity index is 1690. The van der Waals surface area contributed by atoms with Crippen LogP contribution in [-0.4, -0.2) is 36.5 Å². The standard InChI is InChI=1S/C26H19F4N7OS/c1-4-20-34-21-16(22(35-20)19-11-32-12-33-19)7-15(9-18(21)27)37-24(39)36(23(38)25(37,2)3)14-6-5-13(10-31)17(8-14)26(28,29)30/h5-9,11-12H,4H2,1-3H3,(H,32,33). The number of aromatic nitrogens is 4. The minimum absolute atomic E-state index is 0.0524. The van der Waals surface area contributed by atoms with Gasteiger partial charge in [0.25, 0.3) is 5.91 Å². The number of aromatic amines is 1. The lowest BCUT2D eigenvalue weighted by Gasteiger charge is -2.29. The Kier molecular flexibility index (Phi) is 6.10. The number of alkyl halides is 3. The van der Waals surface area contributed by atoms with E-state index in [4.69, 9.17) is 17.5 Å². The largest absolute Gasteiger partial charge is 0.417 e. The molecule has 0 radical (unpaired) electrons. The monoisotopic (exact) mass is 553 g/mol. The molecule has 2 aromatic heterocycles. The van der Waals surface area contributed by atoms with Gasteiger partial charge in [0.1, 0.15) is 28.3 Å². The highest BCUT2D eigenvalue weighted by Gasteiger charge is 2.51. The van der Waals surface area contributed by atoms with Crippen molar-refractivity contribution in [1.82, 2.24) is 19.9 Å². The smallest absolute Gasteiger partial charge is 0.351 e. The highest BCUT2D eigenvalue weighted by atomic mass is 32.1. The lowest BCUT2D eigenvalue weighted by Crippen LogP contribution is -2.44. The van der Waals surface area contributed by atoms with Crippen LogP contribution in [0.5, 0.6) is 0 Å². The van der Waals surface area contributed by atoms with Crippen molar-refractivity contribution in [2.24, 2.45) is 0 Å². The molecule has 1 saturated heterocycles. The van der Waals surface area contributed by atoms with E-state index in [1.807, 2.05) is 6.92 Å². The minimum atomic E-state index is -4.83. The fourth-order valence-corrected chi connectivity index (χ4v) is 5.08. The summed E-state index contributed by atoms with van der Waals surface area (Å²) < 4.78 is 56.5. The fraction of sp³-hybridized carbons (Fsp3) is 0.231. The van der Waals surface area contributed by atoms with Crippen molar-refractivity contribution in [3.8, 4) is 17.5 Å². The third kappa shape index (κ3) is 4.17. The number of halogens is 4. The van der Waals surface area contributed by atoms with Crippen LogP contribution >= 0.6 is 12.2 Å². The number of nitrogens with one attached hydrogen (secondary N) is 1. The van der Waals surface area contributed by atoms with Crippen LogP contribution in [0.15, 0.2) is 42.9 Å². The zero-order chi connectivity index (χ0) is 28.3. The number of anilines is 2. The summed E-state index contributed by atoms with van der Waals surface area (Å²) in [6.07, 6.45) is -1.32. The lowest BCUT2D eigenvalue weighted by atomic mass is 10.0. The van der Waals surface area contributed by atoms with Crippen molar-refractivity contribution >= 4 is 45.5 Å². The molecule has 2 aromatic carbocycles. The van der Waals surface area contributed by atoms with Crippen molar-refractivity contribution in [3.05, 3.63) is 65.6 Å². The molecule has 1 amide bonds. The SMILES string of the molecule is CCc1nc(-c2c[nH]cn2)c2cc(N3C(=S)N(c4ccc(C#N)c(C(F)(F)F)c4)C(=O)C3(C)C)cc(F)c2n1. The predicted octanol–water partition coefficient (Wildman–Crippen LogP) is 5.53. The van der Waals surface area contributed by atoms with Gasteiger partial charge in [-0.3, -0.25) is 9.69 Å². The van der Waals surface area contributed by atoms with Crippen LogP contribution in [-0.2, 0) is 17.4 Å². The summed E-state index contributed by atoms with van der Waals surface area (Å²) in [5, 5.41) is 9.29. The number of benzene rings is 2. The van der Waals surface area contributed by atoms with E-state index >= 15 is 4.39 Å². The summed E-state index contributed by atoms with van der Waals surface area (Å²) in [6.45, 7) is 4.90. The number of fused-ring (bicyclic) bond motifs is 1. The highest BCUT2D eigenvalue weighted by molar-refractivity contribution is 7.81. The van der Waals surface area contributed by atoms with Gasteiger partial charge in [0.15, 0.2) is 10.9 Å². The Morgan fingerprint density at radius 3 is 2.51 bits per heavy atom. The molecule has 5 rings (SSSR count). The Morgan fingerprint density at radius 2 is 1.90 bits per heavy atom. The van der Waals surface area contributed by atoms with Crippen LogP contribution in [0, 0.1) is 17.1 Å². The summed E-state index contributed by atoms with van der Waals surface area (Å²) in [7, 11) is 0. The van der Waals surface area contributed by atoms with E-state index in [9.17, 15) is 18.0 Å². The Hall–Kier alpha value is -4.44. The van der Waals surface area contributed by atoms with Crippen molar-refractivity contribution in [3.63, 3.8) is 0 Å². The van der Waals surface area contributed by atoms with Gasteiger partial charge in [-0.15, -0.1) is 0 Å². The molecular weight excluding hydrogens is 534 g/mol. The van der Waals surface area contributed by atoms with Crippen molar-refractivity contribution in [1.29, 1.82) is 5.26 Å². The van der Waals surface area contributed by atoms with Crippen LogP contribution in [0.2, 0.25) is 0 Å². The molecule has 0 aliphatic carbocycles. The molecule has 0 atom stereocenters. The summed E-state index contributed by atoms with van der Waals surface area (Å²) >= 11 is 5.58. The topological polar surface area (TPSA) is 102 Å². The van der Waals surface area contributed by atoms with Gasteiger partial charge in [0.05, 0.1) is 29.2 Å². The van der Waals surface area contributed by atoms with Gasteiger partial charge >= 0.3 is 6.18 Å². The molecule has 1 aliphatic rings. The average molecular weight is 554 g/mol. The van der Waals surface area contributed by atoms with E-state index in [2.05, 4.69) is 19.9 Å². The maximum absolute atomic E-state index is 15.6. The minimum Gasteiger partial charge on any atom is -0.351 e. The van der Waals surface area contributed by atoms with Crippen LogP contribution in [0.1, 0.15) is 37.7 Å². The molecule has 4 aromatic rings. The number of amides is 1. The summed E-state index contributed by atoms with van der Waals surface area (Å²) in [4.78, 5) is 31.8. The third-order valence-corrected chi connectivity index (χ3v) is 6.82. The second kappa shape index (κ2) is 9.09. The van der Waals surface area contributed by atoms with E-state index < -0.39 is 34.6 Å². The van der Waals surface area contributed by atoms with Gasteiger partial charge in [0.2, 0.25) is 0 Å². The van der Waals surface area contributed by atoms with Crippen LogP contribution in [0.4, 0.5) is 28.9 Å². The number of rotatable bonds is 4. The van der Waals surface area contributed by atoms with Gasteiger partial charge in [0, 0.05) is 23.7 Å². The van der Waals surface area contributed by atoms with Gasteiger partial charge in [-0.2, -0.15) is 18.4 Å². The first-order chi connectivity index (χ1) is 18.4. The zero-order valence-electron chi connectivity index (χ0n) is 20.8. The maximum Gasteiger partial charge on any atom is 0.417 e. The number of nitrogens with zero attached hydrogens (tertiary/aromatic N) is 6. The number of carbonyl (C=O) groups excluding carboxylic acids is 1. The normalized spacial score (nSPS) is 15.3. The second-order valence-corrected chi connectivity index (χ2v) is 9.64. The maximum atomic E-state index is 15.6. The van der Waals surface area contributed by atoms with Gasteiger partial charge < -0.3 is 9.88 Å². The van der Waals surface area contributed by atoms with Crippen LogP contribution in [0.3, 0.4) is 0 Å².